The van der Waals surface area contributed by atoms with Crippen LogP contribution in [-0.2, 0) is 9.53 Å². The molecule has 0 aromatic carbocycles. The molecule has 90 valence electrons. The Kier molecular flexibility index (Phi) is 6.11. The van der Waals surface area contributed by atoms with Gasteiger partial charge in [0.25, 0.3) is 0 Å². The normalized spacial score (nSPS) is 14.3. The van der Waals surface area contributed by atoms with Crippen molar-refractivity contribution in [2.24, 2.45) is 11.3 Å². The Bertz CT molecular complexity index is 189. The summed E-state index contributed by atoms with van der Waals surface area (Å²) in [4.78, 5) is 12.0. The van der Waals surface area contributed by atoms with Crippen LogP contribution >= 0.6 is 0 Å². The largest absolute Gasteiger partial charge is 0.370 e. The van der Waals surface area contributed by atoms with Gasteiger partial charge in [0.1, 0.15) is 6.10 Å². The maximum atomic E-state index is 12.0. The maximum absolute atomic E-state index is 12.0. The molecule has 0 aliphatic carbocycles. The van der Waals surface area contributed by atoms with E-state index in [0.29, 0.717) is 18.9 Å². The zero-order valence-corrected chi connectivity index (χ0v) is 11.1. The highest BCUT2D eigenvalue weighted by molar-refractivity contribution is 5.83. The van der Waals surface area contributed by atoms with Crippen molar-refractivity contribution in [1.29, 1.82) is 0 Å². The average Bonchev–Trinajstić information content (AvgIpc) is 2.08. The molecule has 0 aliphatic heterocycles. The molecule has 0 amide bonds. The molecule has 0 aliphatic rings. The summed E-state index contributed by atoms with van der Waals surface area (Å²) in [5.41, 5.74) is -0.0932. The first-order valence-corrected chi connectivity index (χ1v) is 5.93. The molecule has 0 N–H and O–H groups in total. The molecule has 0 bridgehead atoms. The summed E-state index contributed by atoms with van der Waals surface area (Å²) in [6, 6.07) is 0. The molecule has 0 saturated heterocycles. The Morgan fingerprint density at radius 3 is 2.13 bits per heavy atom. The molecular formula is C13H26O2. The van der Waals surface area contributed by atoms with Crippen molar-refractivity contribution in [3.63, 3.8) is 0 Å². The number of Topliss-reactive ketones (excluding diaryl/α,β-unsaturated/α-hetero) is 1. The van der Waals surface area contributed by atoms with E-state index in [9.17, 15) is 4.79 Å². The lowest BCUT2D eigenvalue weighted by atomic mass is 9.84. The molecule has 0 radical (unpaired) electrons. The number of ether oxygens (including phenoxy) is 1. The van der Waals surface area contributed by atoms with Crippen LogP contribution in [-0.4, -0.2) is 18.5 Å². The van der Waals surface area contributed by atoms with Gasteiger partial charge in [0, 0.05) is 13.0 Å². The predicted molar refractivity (Wildman–Crippen MR) is 63.9 cm³/mol. The molecule has 0 saturated carbocycles. The second-order valence-corrected chi connectivity index (χ2v) is 5.60. The van der Waals surface area contributed by atoms with Crippen LogP contribution < -0.4 is 0 Å². The fourth-order valence-corrected chi connectivity index (χ4v) is 1.55. The van der Waals surface area contributed by atoms with Crippen molar-refractivity contribution in [2.45, 2.75) is 60.5 Å². The van der Waals surface area contributed by atoms with Crippen molar-refractivity contribution >= 4 is 5.78 Å². The maximum Gasteiger partial charge on any atom is 0.162 e. The first-order valence-electron chi connectivity index (χ1n) is 5.93. The second kappa shape index (κ2) is 6.26. The van der Waals surface area contributed by atoms with Gasteiger partial charge in [-0.3, -0.25) is 4.79 Å². The molecule has 1 atom stereocenters. The van der Waals surface area contributed by atoms with Gasteiger partial charge in [0.05, 0.1) is 0 Å². The molecule has 0 heterocycles. The van der Waals surface area contributed by atoms with Crippen LogP contribution in [0, 0.1) is 11.3 Å². The summed E-state index contributed by atoms with van der Waals surface area (Å²) in [7, 11) is 0. The van der Waals surface area contributed by atoms with Crippen LogP contribution in [0.3, 0.4) is 0 Å². The van der Waals surface area contributed by atoms with Crippen molar-refractivity contribution in [2.75, 3.05) is 6.61 Å². The van der Waals surface area contributed by atoms with Crippen molar-refractivity contribution in [3.05, 3.63) is 0 Å². The van der Waals surface area contributed by atoms with Gasteiger partial charge in [-0.1, -0.05) is 34.6 Å². The van der Waals surface area contributed by atoms with E-state index in [1.54, 1.807) is 0 Å². The van der Waals surface area contributed by atoms with Gasteiger partial charge < -0.3 is 4.74 Å². The lowest BCUT2D eigenvalue weighted by Gasteiger charge is -2.29. The lowest BCUT2D eigenvalue weighted by Crippen LogP contribution is -2.37. The van der Waals surface area contributed by atoms with Crippen LogP contribution in [0.2, 0.25) is 0 Å². The van der Waals surface area contributed by atoms with E-state index in [2.05, 4.69) is 34.6 Å². The highest BCUT2D eigenvalue weighted by Crippen LogP contribution is 2.24. The smallest absolute Gasteiger partial charge is 0.162 e. The summed E-state index contributed by atoms with van der Waals surface area (Å²) in [5, 5.41) is 0. The number of rotatable bonds is 6. The van der Waals surface area contributed by atoms with Crippen LogP contribution in [0.15, 0.2) is 0 Å². The number of carbonyl (C=O) groups excluding carboxylic acids is 1. The Labute approximate surface area is 94.4 Å². The fraction of sp³-hybridized carbons (Fsp3) is 0.923. The minimum Gasteiger partial charge on any atom is -0.370 e. The number of ketones is 1. The molecule has 0 fully saturated rings. The molecule has 15 heavy (non-hydrogen) atoms. The van der Waals surface area contributed by atoms with E-state index in [-0.39, 0.29) is 17.3 Å². The molecule has 2 heteroatoms. The third-order valence-corrected chi connectivity index (χ3v) is 2.38. The standard InChI is InChI=1S/C13H26O2/c1-7-15-12(13(4,5)6)11(14)9-8-10(2)3/h10,12H,7-9H2,1-6H3. The van der Waals surface area contributed by atoms with Gasteiger partial charge in [-0.15, -0.1) is 0 Å². The monoisotopic (exact) mass is 214 g/mol. The third-order valence-electron chi connectivity index (χ3n) is 2.38. The highest BCUT2D eigenvalue weighted by Gasteiger charge is 2.31. The van der Waals surface area contributed by atoms with Crippen LogP contribution in [0.25, 0.3) is 0 Å². The van der Waals surface area contributed by atoms with Gasteiger partial charge in [-0.05, 0) is 24.7 Å². The van der Waals surface area contributed by atoms with Crippen LogP contribution in [0.5, 0.6) is 0 Å². The van der Waals surface area contributed by atoms with Crippen LogP contribution in [0.1, 0.15) is 54.4 Å². The molecule has 0 aromatic rings. The van der Waals surface area contributed by atoms with Crippen molar-refractivity contribution < 1.29 is 9.53 Å². The second-order valence-electron chi connectivity index (χ2n) is 5.60. The Morgan fingerprint density at radius 1 is 1.27 bits per heavy atom. The summed E-state index contributed by atoms with van der Waals surface area (Å²) in [5.74, 6) is 0.828. The van der Waals surface area contributed by atoms with Gasteiger partial charge in [0.2, 0.25) is 0 Å². The molecule has 1 unspecified atom stereocenters. The Morgan fingerprint density at radius 2 is 1.80 bits per heavy atom. The average molecular weight is 214 g/mol. The van der Waals surface area contributed by atoms with Crippen molar-refractivity contribution in [1.82, 2.24) is 0 Å². The minimum absolute atomic E-state index is 0.0932. The van der Waals surface area contributed by atoms with E-state index in [4.69, 9.17) is 4.74 Å². The summed E-state index contributed by atoms with van der Waals surface area (Å²) in [6.07, 6.45) is 1.35. The quantitative estimate of drug-likeness (QED) is 0.677. The number of hydrogen-bond acceptors (Lipinski definition) is 2. The first kappa shape index (κ1) is 14.6. The van der Waals surface area contributed by atoms with Crippen LogP contribution in [0.4, 0.5) is 0 Å². The highest BCUT2D eigenvalue weighted by atomic mass is 16.5. The van der Waals surface area contributed by atoms with Crippen molar-refractivity contribution in [3.8, 4) is 0 Å². The SMILES string of the molecule is CCOC(C(=O)CCC(C)C)C(C)(C)C. The van der Waals surface area contributed by atoms with E-state index in [1.165, 1.54) is 0 Å². The topological polar surface area (TPSA) is 26.3 Å². The van der Waals surface area contributed by atoms with E-state index < -0.39 is 0 Å². The molecule has 0 spiro atoms. The number of hydrogen-bond donors (Lipinski definition) is 0. The number of carbonyl (C=O) groups is 1. The van der Waals surface area contributed by atoms with Gasteiger partial charge in [-0.25, -0.2) is 0 Å². The Hall–Kier alpha value is -0.370. The fourth-order valence-electron chi connectivity index (χ4n) is 1.55. The molecule has 0 aromatic heterocycles. The summed E-state index contributed by atoms with van der Waals surface area (Å²) < 4.78 is 5.55. The Balaban J connectivity index is 4.30. The summed E-state index contributed by atoms with van der Waals surface area (Å²) in [6.45, 7) is 13.0. The molecule has 2 nitrogen and oxygen atoms in total. The van der Waals surface area contributed by atoms with E-state index in [1.807, 2.05) is 6.92 Å². The molecular weight excluding hydrogens is 188 g/mol. The zero-order chi connectivity index (χ0) is 12.1. The van der Waals surface area contributed by atoms with Gasteiger partial charge >= 0.3 is 0 Å². The zero-order valence-electron chi connectivity index (χ0n) is 11.1. The minimum atomic E-state index is -0.249. The molecule has 0 rings (SSSR count). The van der Waals surface area contributed by atoms with Gasteiger partial charge in [0.15, 0.2) is 5.78 Å². The van der Waals surface area contributed by atoms with E-state index >= 15 is 0 Å². The van der Waals surface area contributed by atoms with Gasteiger partial charge in [-0.2, -0.15) is 0 Å². The summed E-state index contributed by atoms with van der Waals surface area (Å²) >= 11 is 0. The predicted octanol–water partition coefficient (Wildman–Crippen LogP) is 3.44. The first-order chi connectivity index (χ1) is 6.79. The lowest BCUT2D eigenvalue weighted by molar-refractivity contribution is -0.137. The third kappa shape index (κ3) is 5.93. The van der Waals surface area contributed by atoms with E-state index in [0.717, 1.165) is 6.42 Å².